The van der Waals surface area contributed by atoms with E-state index in [1.54, 1.807) is 28.6 Å². The summed E-state index contributed by atoms with van der Waals surface area (Å²) in [6, 6.07) is 5.96. The van der Waals surface area contributed by atoms with Crippen LogP contribution in [0.3, 0.4) is 0 Å². The molecular weight excluding hydrogens is 375 g/mol. The highest BCUT2D eigenvalue weighted by Gasteiger charge is 2.10. The summed E-state index contributed by atoms with van der Waals surface area (Å²) < 4.78 is 20.3. The molecule has 0 fully saturated rings. The third-order valence-electron chi connectivity index (χ3n) is 3.38. The Morgan fingerprint density at radius 1 is 1.27 bits per heavy atom. The standard InChI is InChI=1S/C16H19FN6OS2/c1-22(2)7-8-23-16(19-20-21-23)26-11-13-10-25-15(18-13)9-24-14-5-3-12(17)4-6-14/h3-6,10H,7-9,11H2,1-2H3. The summed E-state index contributed by atoms with van der Waals surface area (Å²) in [5.41, 5.74) is 0.958. The van der Waals surface area contributed by atoms with Crippen LogP contribution in [0, 0.1) is 5.82 Å². The molecule has 0 N–H and O–H groups in total. The number of tetrazole rings is 1. The Balaban J connectivity index is 1.49. The maximum Gasteiger partial charge on any atom is 0.209 e. The number of rotatable bonds is 9. The smallest absolute Gasteiger partial charge is 0.209 e. The summed E-state index contributed by atoms with van der Waals surface area (Å²) in [7, 11) is 4.03. The highest BCUT2D eigenvalue weighted by Crippen LogP contribution is 2.22. The molecule has 26 heavy (non-hydrogen) atoms. The molecule has 0 saturated carbocycles. The van der Waals surface area contributed by atoms with Gasteiger partial charge in [-0.25, -0.2) is 14.1 Å². The summed E-state index contributed by atoms with van der Waals surface area (Å²) in [6.45, 7) is 1.98. The molecule has 0 amide bonds. The van der Waals surface area contributed by atoms with E-state index in [1.165, 1.54) is 23.5 Å². The fraction of sp³-hybridized carbons (Fsp3) is 0.375. The molecule has 138 valence electrons. The van der Waals surface area contributed by atoms with Crippen molar-refractivity contribution in [3.63, 3.8) is 0 Å². The van der Waals surface area contributed by atoms with E-state index in [0.717, 1.165) is 28.9 Å². The van der Waals surface area contributed by atoms with Gasteiger partial charge in [0, 0.05) is 17.7 Å². The molecule has 0 bridgehead atoms. The van der Waals surface area contributed by atoms with Crippen molar-refractivity contribution in [2.75, 3.05) is 20.6 Å². The molecule has 2 aromatic heterocycles. The minimum Gasteiger partial charge on any atom is -0.486 e. The lowest BCUT2D eigenvalue weighted by molar-refractivity contribution is 0.305. The van der Waals surface area contributed by atoms with E-state index in [0.29, 0.717) is 18.1 Å². The molecule has 2 heterocycles. The summed E-state index contributed by atoms with van der Waals surface area (Å²) in [5.74, 6) is 1.03. The zero-order valence-electron chi connectivity index (χ0n) is 14.5. The fourth-order valence-corrected chi connectivity index (χ4v) is 3.64. The first-order valence-corrected chi connectivity index (χ1v) is 9.82. The first-order valence-electron chi connectivity index (χ1n) is 7.95. The average Bonchev–Trinajstić information content (AvgIpc) is 3.26. The van der Waals surface area contributed by atoms with Crippen LogP contribution in [0.15, 0.2) is 34.8 Å². The summed E-state index contributed by atoms with van der Waals surface area (Å²) in [4.78, 5) is 6.65. The molecule has 0 aliphatic rings. The van der Waals surface area contributed by atoms with E-state index in [1.807, 2.05) is 19.5 Å². The van der Waals surface area contributed by atoms with E-state index < -0.39 is 0 Å². The number of nitrogens with zero attached hydrogens (tertiary/aromatic N) is 6. The van der Waals surface area contributed by atoms with Crippen LogP contribution in [0.1, 0.15) is 10.7 Å². The largest absolute Gasteiger partial charge is 0.486 e. The Hall–Kier alpha value is -2.04. The molecule has 0 saturated heterocycles. The molecule has 0 aliphatic heterocycles. The van der Waals surface area contributed by atoms with Crippen molar-refractivity contribution in [2.24, 2.45) is 0 Å². The van der Waals surface area contributed by atoms with E-state index in [4.69, 9.17) is 4.74 Å². The van der Waals surface area contributed by atoms with Crippen LogP contribution in [-0.2, 0) is 18.9 Å². The Labute approximate surface area is 159 Å². The second-order valence-electron chi connectivity index (χ2n) is 5.75. The summed E-state index contributed by atoms with van der Waals surface area (Å²) in [6.07, 6.45) is 0. The number of ether oxygens (including phenoxy) is 1. The van der Waals surface area contributed by atoms with Crippen LogP contribution in [0.4, 0.5) is 4.39 Å². The predicted molar refractivity (Wildman–Crippen MR) is 98.8 cm³/mol. The number of thioether (sulfide) groups is 1. The minimum atomic E-state index is -0.279. The average molecular weight is 395 g/mol. The van der Waals surface area contributed by atoms with Gasteiger partial charge in [0.1, 0.15) is 23.2 Å². The van der Waals surface area contributed by atoms with Crippen LogP contribution >= 0.6 is 23.1 Å². The van der Waals surface area contributed by atoms with Gasteiger partial charge in [-0.1, -0.05) is 11.8 Å². The number of hydrogen-bond acceptors (Lipinski definition) is 8. The second kappa shape index (κ2) is 9.06. The highest BCUT2D eigenvalue weighted by molar-refractivity contribution is 7.98. The zero-order chi connectivity index (χ0) is 18.4. The lowest BCUT2D eigenvalue weighted by atomic mass is 10.3. The van der Waals surface area contributed by atoms with Crippen molar-refractivity contribution in [3.8, 4) is 5.75 Å². The lowest BCUT2D eigenvalue weighted by Gasteiger charge is -2.09. The number of thiazole rings is 1. The van der Waals surface area contributed by atoms with Crippen LogP contribution in [0.5, 0.6) is 5.75 Å². The number of halogens is 1. The quantitative estimate of drug-likeness (QED) is 0.517. The number of aromatic nitrogens is 5. The second-order valence-corrected chi connectivity index (χ2v) is 7.64. The van der Waals surface area contributed by atoms with Gasteiger partial charge in [-0.2, -0.15) is 0 Å². The number of hydrogen-bond donors (Lipinski definition) is 0. The molecule has 0 radical (unpaired) electrons. The van der Waals surface area contributed by atoms with Gasteiger partial charge in [0.15, 0.2) is 0 Å². The molecule has 0 aliphatic carbocycles. The zero-order valence-corrected chi connectivity index (χ0v) is 16.1. The van der Waals surface area contributed by atoms with Crippen LogP contribution in [-0.4, -0.2) is 50.7 Å². The predicted octanol–water partition coefficient (Wildman–Crippen LogP) is 2.70. The van der Waals surface area contributed by atoms with Crippen molar-refractivity contribution in [2.45, 2.75) is 24.1 Å². The maximum atomic E-state index is 12.9. The molecule has 10 heteroatoms. The third-order valence-corrected chi connectivity index (χ3v) is 5.24. The van der Waals surface area contributed by atoms with Crippen molar-refractivity contribution in [1.29, 1.82) is 0 Å². The molecule has 7 nitrogen and oxygen atoms in total. The first-order chi connectivity index (χ1) is 12.6. The minimum absolute atomic E-state index is 0.279. The summed E-state index contributed by atoms with van der Waals surface area (Å²) in [5, 5.41) is 15.5. The maximum absolute atomic E-state index is 12.9. The number of likely N-dealkylation sites (N-methyl/N-ethyl adjacent to an activating group) is 1. The van der Waals surface area contributed by atoms with Gasteiger partial charge in [0.2, 0.25) is 5.16 Å². The normalized spacial score (nSPS) is 11.2. The van der Waals surface area contributed by atoms with Gasteiger partial charge in [-0.3, -0.25) is 0 Å². The van der Waals surface area contributed by atoms with Gasteiger partial charge < -0.3 is 9.64 Å². The van der Waals surface area contributed by atoms with E-state index in [2.05, 4.69) is 25.4 Å². The fourth-order valence-electron chi connectivity index (χ4n) is 2.03. The molecule has 0 unspecified atom stereocenters. The highest BCUT2D eigenvalue weighted by atomic mass is 32.2. The van der Waals surface area contributed by atoms with Gasteiger partial charge in [-0.15, -0.1) is 16.4 Å². The monoisotopic (exact) mass is 394 g/mol. The van der Waals surface area contributed by atoms with E-state index in [-0.39, 0.29) is 5.82 Å². The van der Waals surface area contributed by atoms with Crippen molar-refractivity contribution in [1.82, 2.24) is 30.1 Å². The SMILES string of the molecule is CN(C)CCn1nnnc1SCc1csc(COc2ccc(F)cc2)n1. The third kappa shape index (κ3) is 5.48. The molecule has 0 spiro atoms. The Morgan fingerprint density at radius 2 is 2.08 bits per heavy atom. The van der Waals surface area contributed by atoms with E-state index >= 15 is 0 Å². The topological polar surface area (TPSA) is 69.0 Å². The molecule has 1 aromatic carbocycles. The first kappa shape index (κ1) is 18.7. The van der Waals surface area contributed by atoms with Crippen molar-refractivity contribution >= 4 is 23.1 Å². The van der Waals surface area contributed by atoms with Gasteiger partial charge in [0.05, 0.1) is 12.2 Å². The molecule has 3 aromatic rings. The lowest BCUT2D eigenvalue weighted by Crippen LogP contribution is -2.19. The molecule has 0 atom stereocenters. The molecule has 3 rings (SSSR count). The Kier molecular flexibility index (Phi) is 6.53. The van der Waals surface area contributed by atoms with Crippen molar-refractivity contribution < 1.29 is 9.13 Å². The number of benzene rings is 1. The summed E-state index contributed by atoms with van der Waals surface area (Å²) >= 11 is 3.10. The van der Waals surface area contributed by atoms with Crippen molar-refractivity contribution in [3.05, 3.63) is 46.2 Å². The van der Waals surface area contributed by atoms with Gasteiger partial charge >= 0.3 is 0 Å². The van der Waals surface area contributed by atoms with Crippen LogP contribution in [0.2, 0.25) is 0 Å². The Morgan fingerprint density at radius 3 is 2.85 bits per heavy atom. The van der Waals surface area contributed by atoms with Gasteiger partial charge in [-0.05, 0) is 48.8 Å². The Bertz CT molecular complexity index is 820. The van der Waals surface area contributed by atoms with E-state index in [9.17, 15) is 4.39 Å². The molecular formula is C16H19FN6OS2. The van der Waals surface area contributed by atoms with Crippen LogP contribution in [0.25, 0.3) is 0 Å². The van der Waals surface area contributed by atoms with Crippen LogP contribution < -0.4 is 4.74 Å². The van der Waals surface area contributed by atoms with Gasteiger partial charge in [0.25, 0.3) is 0 Å².